The fourth-order valence-electron chi connectivity index (χ4n) is 3.40. The fourth-order valence-corrected chi connectivity index (χ4v) is 3.40. The van der Waals surface area contributed by atoms with E-state index >= 15 is 0 Å². The minimum atomic E-state index is -0.954. The Balaban J connectivity index is 1.59. The van der Waals surface area contributed by atoms with Crippen molar-refractivity contribution in [3.05, 3.63) is 122 Å². The lowest BCUT2D eigenvalue weighted by molar-refractivity contribution is -0.385. The molecule has 13 heteroatoms. The largest absolute Gasteiger partial charge is 0.455 e. The van der Waals surface area contributed by atoms with Crippen LogP contribution in [-0.4, -0.2) is 36.8 Å². The average Bonchev–Trinajstić information content (AvgIpc) is 3.33. The van der Waals surface area contributed by atoms with E-state index in [1.54, 1.807) is 30.3 Å². The number of nitro groups is 2. The highest BCUT2D eigenvalue weighted by atomic mass is 16.6. The minimum Gasteiger partial charge on any atom is -0.455 e. The van der Waals surface area contributed by atoms with Gasteiger partial charge in [-0.2, -0.15) is 0 Å². The number of carbonyl (C=O) groups is 2. The molecule has 37 heavy (non-hydrogen) atoms. The Kier molecular flexibility index (Phi) is 7.24. The van der Waals surface area contributed by atoms with Gasteiger partial charge in [-0.1, -0.05) is 47.7 Å². The third kappa shape index (κ3) is 5.45. The summed E-state index contributed by atoms with van der Waals surface area (Å²) in [7, 11) is 0. The van der Waals surface area contributed by atoms with Crippen molar-refractivity contribution in [3.63, 3.8) is 0 Å². The second-order valence-electron chi connectivity index (χ2n) is 7.43. The Morgan fingerprint density at radius 3 is 1.76 bits per heavy atom. The van der Waals surface area contributed by atoms with E-state index in [-0.39, 0.29) is 22.5 Å². The van der Waals surface area contributed by atoms with E-state index in [1.165, 1.54) is 53.2 Å². The monoisotopic (exact) mass is 503 g/mol. The number of nitrogens with zero attached hydrogens (tertiary/aromatic N) is 5. The molecular weight excluding hydrogens is 486 g/mol. The normalized spacial score (nSPS) is 10.5. The topological polar surface area (TPSA) is 170 Å². The van der Waals surface area contributed by atoms with Crippen molar-refractivity contribution in [2.24, 2.45) is 0 Å². The zero-order valence-corrected chi connectivity index (χ0v) is 18.9. The van der Waals surface area contributed by atoms with E-state index in [2.05, 4.69) is 10.3 Å². The Labute approximate surface area is 208 Å². The number of nitro benzene ring substituents is 2. The van der Waals surface area contributed by atoms with Crippen LogP contribution >= 0.6 is 0 Å². The molecule has 186 valence electrons. The Morgan fingerprint density at radius 2 is 1.22 bits per heavy atom. The van der Waals surface area contributed by atoms with Gasteiger partial charge in [0.2, 0.25) is 0 Å². The van der Waals surface area contributed by atoms with Gasteiger partial charge < -0.3 is 9.47 Å². The molecule has 3 aromatic carbocycles. The first kappa shape index (κ1) is 24.7. The van der Waals surface area contributed by atoms with Crippen LogP contribution in [0.5, 0.6) is 0 Å². The molecule has 13 nitrogen and oxygen atoms in total. The summed E-state index contributed by atoms with van der Waals surface area (Å²) in [4.78, 5) is 46.3. The van der Waals surface area contributed by atoms with Gasteiger partial charge in [0.25, 0.3) is 11.4 Å². The van der Waals surface area contributed by atoms with Gasteiger partial charge in [-0.05, 0) is 24.3 Å². The van der Waals surface area contributed by atoms with Crippen LogP contribution in [0, 0.1) is 20.2 Å². The summed E-state index contributed by atoms with van der Waals surface area (Å²) in [5.41, 5.74) is -0.412. The van der Waals surface area contributed by atoms with E-state index in [0.717, 1.165) is 0 Å². The van der Waals surface area contributed by atoms with E-state index in [9.17, 15) is 29.8 Å². The zero-order valence-electron chi connectivity index (χ0n) is 18.9. The predicted molar refractivity (Wildman–Crippen MR) is 126 cm³/mol. The first-order valence-corrected chi connectivity index (χ1v) is 10.7. The molecule has 0 aliphatic carbocycles. The van der Waals surface area contributed by atoms with Crippen LogP contribution < -0.4 is 0 Å². The third-order valence-corrected chi connectivity index (χ3v) is 5.17. The number of hydrogen-bond donors (Lipinski definition) is 0. The quantitative estimate of drug-likeness (QED) is 0.186. The van der Waals surface area contributed by atoms with Gasteiger partial charge >= 0.3 is 11.9 Å². The van der Waals surface area contributed by atoms with Crippen molar-refractivity contribution < 1.29 is 28.9 Å². The lowest BCUT2D eigenvalue weighted by atomic mass is 10.2. The summed E-state index contributed by atoms with van der Waals surface area (Å²) in [6.45, 7) is -0.846. The fraction of sp³-hybridized carbons (Fsp3) is 0.0833. The molecule has 0 aliphatic rings. The molecule has 1 aromatic heterocycles. The molecule has 0 amide bonds. The number of ether oxygens (including phenoxy) is 2. The molecule has 0 N–H and O–H groups in total. The molecule has 0 fully saturated rings. The first-order valence-electron chi connectivity index (χ1n) is 10.7. The second-order valence-corrected chi connectivity index (χ2v) is 7.43. The smallest absolute Gasteiger partial charge is 0.345 e. The summed E-state index contributed by atoms with van der Waals surface area (Å²) < 4.78 is 11.9. The molecule has 0 saturated carbocycles. The summed E-state index contributed by atoms with van der Waals surface area (Å²) in [5, 5.41) is 30.6. The maximum Gasteiger partial charge on any atom is 0.345 e. The van der Waals surface area contributed by atoms with Gasteiger partial charge in [-0.15, -0.1) is 5.10 Å². The molecule has 0 unspecified atom stereocenters. The number of esters is 2. The summed E-state index contributed by atoms with van der Waals surface area (Å²) in [6.07, 6.45) is 0. The Bertz CT molecular complexity index is 1490. The highest BCUT2D eigenvalue weighted by molar-refractivity contribution is 5.94. The molecule has 4 aromatic rings. The van der Waals surface area contributed by atoms with Crippen molar-refractivity contribution >= 4 is 23.3 Å². The van der Waals surface area contributed by atoms with Crippen LogP contribution in [0.25, 0.3) is 5.69 Å². The van der Waals surface area contributed by atoms with E-state index in [4.69, 9.17) is 9.47 Å². The number of para-hydroxylation sites is 3. The first-order chi connectivity index (χ1) is 17.9. The van der Waals surface area contributed by atoms with Crippen molar-refractivity contribution in [2.75, 3.05) is 0 Å². The lowest BCUT2D eigenvalue weighted by Crippen LogP contribution is -2.13. The van der Waals surface area contributed by atoms with Crippen LogP contribution in [0.4, 0.5) is 11.4 Å². The van der Waals surface area contributed by atoms with E-state index < -0.39 is 46.4 Å². The standard InChI is InChI=1S/C24H17N5O8/c30-23(17-10-4-6-12-20(17)28(32)33)36-14-19-22(27(26-25-19)16-8-2-1-3-9-16)15-37-24(31)18-11-5-7-13-21(18)29(34)35/h1-13H,14-15H2. The van der Waals surface area contributed by atoms with E-state index in [0.29, 0.717) is 5.69 Å². The number of aromatic nitrogens is 3. The SMILES string of the molecule is O=C(OCc1nnn(-c2ccccc2)c1COC(=O)c1ccccc1[N+](=O)[O-])c1ccccc1[N+](=O)[O-]. The van der Waals surface area contributed by atoms with Gasteiger partial charge in [0.1, 0.15) is 35.7 Å². The minimum absolute atomic E-state index is 0.117. The number of rotatable bonds is 9. The molecule has 0 bridgehead atoms. The molecular formula is C24H17N5O8. The summed E-state index contributed by atoms with van der Waals surface area (Å²) in [6, 6.07) is 19.4. The van der Waals surface area contributed by atoms with Gasteiger partial charge in [-0.3, -0.25) is 20.2 Å². The van der Waals surface area contributed by atoms with Crippen LogP contribution in [-0.2, 0) is 22.7 Å². The number of hydrogen-bond acceptors (Lipinski definition) is 10. The van der Waals surface area contributed by atoms with Crippen molar-refractivity contribution in [2.45, 2.75) is 13.2 Å². The summed E-state index contributed by atoms with van der Waals surface area (Å²) >= 11 is 0. The van der Waals surface area contributed by atoms with Crippen LogP contribution in [0.15, 0.2) is 78.9 Å². The summed E-state index contributed by atoms with van der Waals surface area (Å²) in [5.74, 6) is -1.90. The molecule has 0 atom stereocenters. The molecule has 0 saturated heterocycles. The van der Waals surface area contributed by atoms with Crippen molar-refractivity contribution in [1.82, 2.24) is 15.0 Å². The molecule has 0 spiro atoms. The highest BCUT2D eigenvalue weighted by Gasteiger charge is 2.25. The second kappa shape index (κ2) is 10.9. The average molecular weight is 503 g/mol. The Morgan fingerprint density at radius 1 is 0.730 bits per heavy atom. The van der Waals surface area contributed by atoms with Crippen molar-refractivity contribution in [1.29, 1.82) is 0 Å². The zero-order chi connectivity index (χ0) is 26.4. The lowest BCUT2D eigenvalue weighted by Gasteiger charge is -2.10. The third-order valence-electron chi connectivity index (χ3n) is 5.17. The van der Waals surface area contributed by atoms with Gasteiger partial charge in [-0.25, -0.2) is 14.3 Å². The molecule has 0 radical (unpaired) electrons. The van der Waals surface area contributed by atoms with Crippen molar-refractivity contribution in [3.8, 4) is 5.69 Å². The predicted octanol–water partition coefficient (Wildman–Crippen LogP) is 3.80. The van der Waals surface area contributed by atoms with E-state index in [1.807, 2.05) is 0 Å². The molecule has 4 rings (SSSR count). The molecule has 1 heterocycles. The number of carbonyl (C=O) groups excluding carboxylic acids is 2. The van der Waals surface area contributed by atoms with Crippen LogP contribution in [0.1, 0.15) is 32.1 Å². The Hall–Kier alpha value is -5.46. The maximum absolute atomic E-state index is 12.7. The highest BCUT2D eigenvalue weighted by Crippen LogP contribution is 2.22. The molecule has 0 aliphatic heterocycles. The van der Waals surface area contributed by atoms with Gasteiger partial charge in [0.15, 0.2) is 0 Å². The van der Waals surface area contributed by atoms with Crippen LogP contribution in [0.3, 0.4) is 0 Å². The van der Waals surface area contributed by atoms with Gasteiger partial charge in [0.05, 0.1) is 15.5 Å². The maximum atomic E-state index is 12.7. The van der Waals surface area contributed by atoms with Gasteiger partial charge in [0, 0.05) is 12.1 Å². The number of benzene rings is 3. The van der Waals surface area contributed by atoms with Crippen LogP contribution in [0.2, 0.25) is 0 Å².